The molecule has 2 aromatic carbocycles. The number of unbranched alkanes of at least 4 members (excludes halogenated alkanes) is 10. The minimum Gasteiger partial charge on any atom is -0.353 e. The van der Waals surface area contributed by atoms with Crippen molar-refractivity contribution in [2.75, 3.05) is 0 Å². The van der Waals surface area contributed by atoms with Crippen molar-refractivity contribution in [1.82, 2.24) is 0 Å². The molecule has 0 aliphatic carbocycles. The second-order valence-corrected chi connectivity index (χ2v) is 9.98. The molecule has 0 bridgehead atoms. The second kappa shape index (κ2) is 15.8. The molecule has 0 atom stereocenters. The summed E-state index contributed by atoms with van der Waals surface area (Å²) in [4.78, 5) is 0. The first-order chi connectivity index (χ1) is 16.1. The SMILES string of the molecule is CCCCCCCCc1ccccc1OS(=O)(=O)Oc1ccccc1CCCCCCCC. The van der Waals surface area contributed by atoms with Crippen molar-refractivity contribution in [2.24, 2.45) is 0 Å². The van der Waals surface area contributed by atoms with Gasteiger partial charge in [0.2, 0.25) is 0 Å². The van der Waals surface area contributed by atoms with Crippen molar-refractivity contribution in [1.29, 1.82) is 0 Å². The third-order valence-electron chi connectivity index (χ3n) is 5.93. The summed E-state index contributed by atoms with van der Waals surface area (Å²) in [5.41, 5.74) is 1.81. The van der Waals surface area contributed by atoms with Gasteiger partial charge in [0.25, 0.3) is 0 Å². The summed E-state index contributed by atoms with van der Waals surface area (Å²) in [5, 5.41) is 0. The first-order valence-corrected chi connectivity index (χ1v) is 14.2. The van der Waals surface area contributed by atoms with Crippen molar-refractivity contribution >= 4 is 10.4 Å². The van der Waals surface area contributed by atoms with Gasteiger partial charge in [0, 0.05) is 0 Å². The van der Waals surface area contributed by atoms with Crippen LogP contribution in [0.15, 0.2) is 48.5 Å². The summed E-state index contributed by atoms with van der Waals surface area (Å²) in [6, 6.07) is 14.7. The summed E-state index contributed by atoms with van der Waals surface area (Å²) in [6.45, 7) is 4.42. The molecule has 0 spiro atoms. The fourth-order valence-corrected chi connectivity index (χ4v) is 4.81. The number of benzene rings is 2. The molecular formula is C28H42O4S. The highest BCUT2D eigenvalue weighted by atomic mass is 32.3. The van der Waals surface area contributed by atoms with E-state index in [2.05, 4.69) is 13.8 Å². The molecule has 33 heavy (non-hydrogen) atoms. The molecule has 0 saturated carbocycles. The van der Waals surface area contributed by atoms with Gasteiger partial charge in [-0.1, -0.05) is 114 Å². The average Bonchev–Trinajstić information content (AvgIpc) is 2.80. The fourth-order valence-electron chi connectivity index (χ4n) is 4.01. The normalized spacial score (nSPS) is 11.5. The van der Waals surface area contributed by atoms with Crippen LogP contribution in [0.1, 0.15) is 102 Å². The molecule has 0 N–H and O–H groups in total. The van der Waals surface area contributed by atoms with Crippen molar-refractivity contribution in [3.63, 3.8) is 0 Å². The molecular weight excluding hydrogens is 432 g/mol. The largest absolute Gasteiger partial charge is 0.501 e. The summed E-state index contributed by atoms with van der Waals surface area (Å²) in [6.07, 6.45) is 15.9. The van der Waals surface area contributed by atoms with Crippen molar-refractivity contribution in [3.05, 3.63) is 59.7 Å². The minimum absolute atomic E-state index is 0.361. The third kappa shape index (κ3) is 11.1. The number of para-hydroxylation sites is 2. The third-order valence-corrected chi connectivity index (χ3v) is 6.70. The Morgan fingerprint density at radius 2 is 0.909 bits per heavy atom. The Morgan fingerprint density at radius 1 is 0.545 bits per heavy atom. The van der Waals surface area contributed by atoms with Crippen LogP contribution in [0, 0.1) is 0 Å². The lowest BCUT2D eigenvalue weighted by Gasteiger charge is -2.13. The van der Waals surface area contributed by atoms with E-state index in [1.165, 1.54) is 51.4 Å². The highest BCUT2D eigenvalue weighted by Gasteiger charge is 2.19. The minimum atomic E-state index is -4.22. The van der Waals surface area contributed by atoms with Gasteiger partial charge in [-0.25, -0.2) is 0 Å². The van der Waals surface area contributed by atoms with Crippen LogP contribution in [-0.2, 0) is 23.2 Å². The Kier molecular flexibility index (Phi) is 13.0. The van der Waals surface area contributed by atoms with Crippen LogP contribution < -0.4 is 8.37 Å². The number of hydrogen-bond donors (Lipinski definition) is 0. The number of rotatable bonds is 18. The first kappa shape index (κ1) is 27.2. The van der Waals surface area contributed by atoms with Crippen LogP contribution in [0.5, 0.6) is 11.5 Å². The Bertz CT molecular complexity index is 825. The number of aryl methyl sites for hydroxylation is 2. The van der Waals surface area contributed by atoms with E-state index < -0.39 is 10.4 Å². The van der Waals surface area contributed by atoms with Gasteiger partial charge in [0.15, 0.2) is 0 Å². The van der Waals surface area contributed by atoms with Gasteiger partial charge in [0.05, 0.1) is 0 Å². The maximum atomic E-state index is 12.7. The molecule has 0 amide bonds. The van der Waals surface area contributed by atoms with Crippen molar-refractivity contribution in [2.45, 2.75) is 104 Å². The van der Waals surface area contributed by atoms with Gasteiger partial charge in [0.1, 0.15) is 11.5 Å². The molecule has 0 saturated heterocycles. The van der Waals surface area contributed by atoms with Crippen LogP contribution in [-0.4, -0.2) is 8.42 Å². The van der Waals surface area contributed by atoms with E-state index in [0.717, 1.165) is 49.7 Å². The Labute approximate surface area is 202 Å². The predicted molar refractivity (Wildman–Crippen MR) is 137 cm³/mol. The fraction of sp³-hybridized carbons (Fsp3) is 0.571. The van der Waals surface area contributed by atoms with Gasteiger partial charge in [-0.05, 0) is 48.9 Å². The van der Waals surface area contributed by atoms with Crippen LogP contribution in [0.2, 0.25) is 0 Å². The van der Waals surface area contributed by atoms with Crippen LogP contribution in [0.4, 0.5) is 0 Å². The maximum Gasteiger partial charge on any atom is 0.501 e. The van der Waals surface area contributed by atoms with Gasteiger partial charge >= 0.3 is 10.4 Å². The Morgan fingerprint density at radius 3 is 1.33 bits per heavy atom. The zero-order chi connectivity index (χ0) is 23.8. The molecule has 0 radical (unpaired) electrons. The molecule has 0 fully saturated rings. The maximum absolute atomic E-state index is 12.7. The molecule has 0 heterocycles. The van der Waals surface area contributed by atoms with Gasteiger partial charge in [-0.2, -0.15) is 0 Å². The lowest BCUT2D eigenvalue weighted by molar-refractivity contribution is 0.388. The zero-order valence-corrected chi connectivity index (χ0v) is 21.4. The highest BCUT2D eigenvalue weighted by molar-refractivity contribution is 7.82. The van der Waals surface area contributed by atoms with Crippen LogP contribution in [0.25, 0.3) is 0 Å². The van der Waals surface area contributed by atoms with Gasteiger partial charge in [-0.15, -0.1) is 8.42 Å². The van der Waals surface area contributed by atoms with E-state index in [9.17, 15) is 8.42 Å². The van der Waals surface area contributed by atoms with E-state index in [1.807, 2.05) is 24.3 Å². The van der Waals surface area contributed by atoms with E-state index in [-0.39, 0.29) is 0 Å². The molecule has 5 heteroatoms. The lowest BCUT2D eigenvalue weighted by Crippen LogP contribution is -2.18. The molecule has 2 aromatic rings. The lowest BCUT2D eigenvalue weighted by atomic mass is 10.0. The summed E-state index contributed by atoms with van der Waals surface area (Å²) < 4.78 is 36.3. The smallest absolute Gasteiger partial charge is 0.353 e. The first-order valence-electron chi connectivity index (χ1n) is 12.9. The monoisotopic (exact) mass is 474 g/mol. The molecule has 4 nitrogen and oxygen atoms in total. The van der Waals surface area contributed by atoms with Crippen LogP contribution in [0.3, 0.4) is 0 Å². The van der Waals surface area contributed by atoms with E-state index >= 15 is 0 Å². The Hall–Kier alpha value is -2.01. The topological polar surface area (TPSA) is 52.6 Å². The number of hydrogen-bond acceptors (Lipinski definition) is 4. The van der Waals surface area contributed by atoms with Crippen molar-refractivity contribution in [3.8, 4) is 11.5 Å². The average molecular weight is 475 g/mol. The van der Waals surface area contributed by atoms with Gasteiger partial charge < -0.3 is 8.37 Å². The van der Waals surface area contributed by atoms with Crippen molar-refractivity contribution < 1.29 is 16.8 Å². The molecule has 0 aliphatic rings. The summed E-state index contributed by atoms with van der Waals surface area (Å²) in [7, 11) is -4.22. The Balaban J connectivity index is 1.92. The molecule has 2 rings (SSSR count). The highest BCUT2D eigenvalue weighted by Crippen LogP contribution is 2.26. The quantitative estimate of drug-likeness (QED) is 0.204. The van der Waals surface area contributed by atoms with Crippen LogP contribution >= 0.6 is 0 Å². The predicted octanol–water partition coefficient (Wildman–Crippen LogP) is 8.20. The van der Waals surface area contributed by atoms with E-state index in [0.29, 0.717) is 11.5 Å². The molecule has 0 unspecified atom stereocenters. The molecule has 184 valence electrons. The molecule has 0 aliphatic heterocycles. The zero-order valence-electron chi connectivity index (χ0n) is 20.6. The standard InChI is InChI=1S/C28H42O4S/c1-3-5-7-9-11-13-19-25-21-15-17-23-27(25)31-33(29,30)32-28-24-18-16-22-26(28)20-14-12-10-8-6-4-2/h15-18,21-24H,3-14,19-20H2,1-2H3. The van der Waals surface area contributed by atoms with E-state index in [4.69, 9.17) is 8.37 Å². The summed E-state index contributed by atoms with van der Waals surface area (Å²) >= 11 is 0. The van der Waals surface area contributed by atoms with Gasteiger partial charge in [-0.3, -0.25) is 0 Å². The second-order valence-electron chi connectivity index (χ2n) is 8.83. The summed E-state index contributed by atoms with van der Waals surface area (Å²) in [5.74, 6) is 0.721. The molecule has 0 aromatic heterocycles. The van der Waals surface area contributed by atoms with E-state index in [1.54, 1.807) is 24.3 Å².